The van der Waals surface area contributed by atoms with Gasteiger partial charge in [-0.25, -0.2) is 4.79 Å². The lowest BCUT2D eigenvalue weighted by Gasteiger charge is -2.25. The number of carboxylic acids is 1. The summed E-state index contributed by atoms with van der Waals surface area (Å²) in [6.45, 7) is 3.29. The molecule has 5 atom stereocenters. The molecule has 0 aromatic heterocycles. The van der Waals surface area contributed by atoms with Gasteiger partial charge in [0.05, 0.1) is 12.6 Å². The molecule has 5 unspecified atom stereocenters. The van der Waals surface area contributed by atoms with Crippen molar-refractivity contribution in [3.8, 4) is 5.75 Å². The fourth-order valence-electron chi connectivity index (χ4n) is 3.35. The summed E-state index contributed by atoms with van der Waals surface area (Å²) in [5, 5.41) is 36.0. The Morgan fingerprint density at radius 1 is 0.917 bits per heavy atom. The summed E-state index contributed by atoms with van der Waals surface area (Å²) in [6, 6.07) is 1.23. The van der Waals surface area contributed by atoms with Gasteiger partial charge in [0.1, 0.15) is 23.9 Å². The van der Waals surface area contributed by atoms with Crippen LogP contribution in [0.3, 0.4) is 0 Å². The molecule has 0 spiro atoms. The van der Waals surface area contributed by atoms with Gasteiger partial charge >= 0.3 is 5.97 Å². The van der Waals surface area contributed by atoms with E-state index in [1.54, 1.807) is 19.1 Å². The molecule has 0 fully saturated rings. The van der Waals surface area contributed by atoms with E-state index in [9.17, 15) is 34.5 Å². The van der Waals surface area contributed by atoms with Crippen molar-refractivity contribution in [3.63, 3.8) is 0 Å². The summed E-state index contributed by atoms with van der Waals surface area (Å²) in [6.07, 6.45) is 1.82. The molecule has 12 heteroatoms. The fourth-order valence-corrected chi connectivity index (χ4v) is 3.35. The molecule has 0 saturated heterocycles. The van der Waals surface area contributed by atoms with Crippen LogP contribution >= 0.6 is 0 Å². The van der Waals surface area contributed by atoms with Gasteiger partial charge in [-0.15, -0.1) is 0 Å². The third kappa shape index (κ3) is 10.2. The van der Waals surface area contributed by atoms with Crippen molar-refractivity contribution >= 4 is 23.7 Å². The van der Waals surface area contributed by atoms with Crippen LogP contribution in [0.5, 0.6) is 5.75 Å². The number of phenols is 1. The molecule has 10 N–H and O–H groups in total. The van der Waals surface area contributed by atoms with E-state index in [1.807, 2.05) is 6.92 Å². The Balaban J connectivity index is 3.04. The first-order valence-electron chi connectivity index (χ1n) is 12.0. The summed E-state index contributed by atoms with van der Waals surface area (Å²) in [4.78, 5) is 50.0. The van der Waals surface area contributed by atoms with E-state index >= 15 is 0 Å². The van der Waals surface area contributed by atoms with E-state index < -0.39 is 54.5 Å². The number of aliphatic hydroxyl groups is 1. The first-order chi connectivity index (χ1) is 17.0. The van der Waals surface area contributed by atoms with Gasteiger partial charge in [-0.3, -0.25) is 14.4 Å². The highest BCUT2D eigenvalue weighted by molar-refractivity contribution is 5.94. The van der Waals surface area contributed by atoms with Crippen LogP contribution in [-0.2, 0) is 25.6 Å². The summed E-state index contributed by atoms with van der Waals surface area (Å²) in [5.41, 5.74) is 11.9. The summed E-state index contributed by atoms with van der Waals surface area (Å²) in [7, 11) is 0. The third-order valence-corrected chi connectivity index (χ3v) is 5.95. The Morgan fingerprint density at radius 3 is 2.00 bits per heavy atom. The Kier molecular flexibility index (Phi) is 13.4. The fraction of sp³-hybridized carbons (Fsp3) is 0.583. The number of rotatable bonds is 16. The van der Waals surface area contributed by atoms with Crippen LogP contribution in [0.25, 0.3) is 0 Å². The van der Waals surface area contributed by atoms with Gasteiger partial charge in [0.25, 0.3) is 0 Å². The van der Waals surface area contributed by atoms with Gasteiger partial charge in [0, 0.05) is 6.42 Å². The minimum Gasteiger partial charge on any atom is -0.508 e. The molecule has 0 aliphatic heterocycles. The standard InChI is InChI=1S/C24H39N5O7/c1-3-14(2)20(26)23(34)29-19(13-30)22(33)28-18(12-15-7-9-16(31)10-8-15)21(32)27-17(24(35)36)6-4-5-11-25/h7-10,14,17-20,30-31H,3-6,11-13,25-26H2,1-2H3,(H,27,32)(H,28,33)(H,29,34)(H,35,36). The highest BCUT2D eigenvalue weighted by atomic mass is 16.4. The van der Waals surface area contributed by atoms with Crippen molar-refractivity contribution in [1.82, 2.24) is 16.0 Å². The first-order valence-corrected chi connectivity index (χ1v) is 12.0. The van der Waals surface area contributed by atoms with Crippen LogP contribution in [0.1, 0.15) is 45.1 Å². The number of hydrogen-bond acceptors (Lipinski definition) is 8. The second kappa shape index (κ2) is 15.7. The smallest absolute Gasteiger partial charge is 0.326 e. The number of unbranched alkanes of at least 4 members (excludes halogenated alkanes) is 1. The highest BCUT2D eigenvalue weighted by Gasteiger charge is 2.30. The topological polar surface area (TPSA) is 217 Å². The molecule has 36 heavy (non-hydrogen) atoms. The lowest BCUT2D eigenvalue weighted by molar-refractivity contribution is -0.142. The second-order valence-corrected chi connectivity index (χ2v) is 8.77. The monoisotopic (exact) mass is 509 g/mol. The number of carbonyl (C=O) groups excluding carboxylic acids is 3. The molecular formula is C24H39N5O7. The van der Waals surface area contributed by atoms with Gasteiger partial charge in [0.2, 0.25) is 17.7 Å². The Labute approximate surface area is 210 Å². The first kappa shape index (κ1) is 30.8. The predicted molar refractivity (Wildman–Crippen MR) is 133 cm³/mol. The number of benzene rings is 1. The average molecular weight is 510 g/mol. The molecule has 12 nitrogen and oxygen atoms in total. The van der Waals surface area contributed by atoms with Crippen molar-refractivity contribution in [2.45, 2.75) is 70.1 Å². The lowest BCUT2D eigenvalue weighted by Crippen LogP contribution is -2.59. The lowest BCUT2D eigenvalue weighted by atomic mass is 9.99. The van der Waals surface area contributed by atoms with Gasteiger partial charge in [0.15, 0.2) is 0 Å². The van der Waals surface area contributed by atoms with Crippen LogP contribution < -0.4 is 27.4 Å². The highest BCUT2D eigenvalue weighted by Crippen LogP contribution is 2.12. The zero-order chi connectivity index (χ0) is 27.3. The Hall–Kier alpha value is -3.22. The largest absolute Gasteiger partial charge is 0.508 e. The maximum atomic E-state index is 13.0. The molecule has 202 valence electrons. The number of aliphatic carboxylic acids is 1. The molecule has 1 rings (SSSR count). The van der Waals surface area contributed by atoms with Crippen molar-refractivity contribution in [1.29, 1.82) is 0 Å². The van der Waals surface area contributed by atoms with E-state index in [2.05, 4.69) is 16.0 Å². The number of carboxylic acid groups (broad SMARTS) is 1. The normalized spacial score (nSPS) is 15.1. The van der Waals surface area contributed by atoms with E-state index in [1.165, 1.54) is 12.1 Å². The van der Waals surface area contributed by atoms with Gasteiger partial charge < -0.3 is 42.7 Å². The summed E-state index contributed by atoms with van der Waals surface area (Å²) >= 11 is 0. The van der Waals surface area contributed by atoms with E-state index in [0.717, 1.165) is 0 Å². The van der Waals surface area contributed by atoms with Gasteiger partial charge in [-0.05, 0) is 49.4 Å². The number of aliphatic hydroxyl groups excluding tert-OH is 1. The van der Waals surface area contributed by atoms with Crippen LogP contribution in [0.2, 0.25) is 0 Å². The van der Waals surface area contributed by atoms with Crippen LogP contribution in [-0.4, -0.2) is 76.3 Å². The second-order valence-electron chi connectivity index (χ2n) is 8.77. The Bertz CT molecular complexity index is 865. The van der Waals surface area contributed by atoms with Crippen molar-refractivity contribution in [2.24, 2.45) is 17.4 Å². The SMILES string of the molecule is CCC(C)C(N)C(=O)NC(CO)C(=O)NC(Cc1ccc(O)cc1)C(=O)NC(CCCCN)C(=O)O. The number of hydrogen-bond donors (Lipinski definition) is 8. The molecule has 1 aromatic rings. The third-order valence-electron chi connectivity index (χ3n) is 5.95. The van der Waals surface area contributed by atoms with Crippen LogP contribution in [0.15, 0.2) is 24.3 Å². The van der Waals surface area contributed by atoms with Crippen molar-refractivity contribution < 1.29 is 34.5 Å². The number of phenolic OH excluding ortho intramolecular Hbond substituents is 1. The molecule has 0 radical (unpaired) electrons. The van der Waals surface area contributed by atoms with E-state index in [-0.39, 0.29) is 24.5 Å². The number of amides is 3. The molecule has 0 saturated carbocycles. The zero-order valence-electron chi connectivity index (χ0n) is 20.8. The predicted octanol–water partition coefficient (Wildman–Crippen LogP) is -1.03. The molecule has 0 bridgehead atoms. The molecule has 1 aromatic carbocycles. The zero-order valence-corrected chi connectivity index (χ0v) is 20.8. The number of nitrogens with two attached hydrogens (primary N) is 2. The summed E-state index contributed by atoms with van der Waals surface area (Å²) in [5.74, 6) is -3.59. The molecule has 0 aliphatic rings. The van der Waals surface area contributed by atoms with Gasteiger partial charge in [-0.1, -0.05) is 32.4 Å². The van der Waals surface area contributed by atoms with Crippen LogP contribution in [0, 0.1) is 5.92 Å². The maximum Gasteiger partial charge on any atom is 0.326 e. The number of aromatic hydroxyl groups is 1. The number of nitrogens with one attached hydrogen (secondary N) is 3. The molecule has 0 heterocycles. The van der Waals surface area contributed by atoms with E-state index in [4.69, 9.17) is 11.5 Å². The number of carbonyl (C=O) groups is 4. The van der Waals surface area contributed by atoms with Crippen molar-refractivity contribution in [2.75, 3.05) is 13.2 Å². The quantitative estimate of drug-likeness (QED) is 0.128. The maximum absolute atomic E-state index is 13.0. The molecule has 3 amide bonds. The van der Waals surface area contributed by atoms with E-state index in [0.29, 0.717) is 31.4 Å². The average Bonchev–Trinajstić information content (AvgIpc) is 2.86. The van der Waals surface area contributed by atoms with Crippen molar-refractivity contribution in [3.05, 3.63) is 29.8 Å². The minimum absolute atomic E-state index is 0.00957. The van der Waals surface area contributed by atoms with Crippen LogP contribution in [0.4, 0.5) is 0 Å². The molecule has 0 aliphatic carbocycles. The summed E-state index contributed by atoms with van der Waals surface area (Å²) < 4.78 is 0. The minimum atomic E-state index is -1.37. The Morgan fingerprint density at radius 2 is 1.47 bits per heavy atom. The van der Waals surface area contributed by atoms with Gasteiger partial charge in [-0.2, -0.15) is 0 Å². The molecular weight excluding hydrogens is 470 g/mol.